The molecule has 1 atom stereocenters. The molecule has 1 aliphatic heterocycles. The highest BCUT2D eigenvalue weighted by atomic mass is 31.2. The molecule has 1 saturated heterocycles. The normalized spacial score (nSPS) is 19.8. The highest BCUT2D eigenvalue weighted by Gasteiger charge is 2.24. The Morgan fingerprint density at radius 2 is 1.19 bits per heavy atom. The summed E-state index contributed by atoms with van der Waals surface area (Å²) in [6, 6.07) is 5.10. The van der Waals surface area contributed by atoms with E-state index in [-0.39, 0.29) is 24.3 Å². The summed E-state index contributed by atoms with van der Waals surface area (Å²) >= 11 is 0. The van der Waals surface area contributed by atoms with Crippen LogP contribution in [0.4, 0.5) is 0 Å². The van der Waals surface area contributed by atoms with Gasteiger partial charge >= 0.3 is 7.60 Å². The summed E-state index contributed by atoms with van der Waals surface area (Å²) in [7, 11) is -4.55. The second-order valence-corrected chi connectivity index (χ2v) is 12.1. The van der Waals surface area contributed by atoms with Gasteiger partial charge in [-0.15, -0.1) is 0 Å². The second-order valence-electron chi connectivity index (χ2n) is 10.5. The van der Waals surface area contributed by atoms with Crippen molar-refractivity contribution in [3.05, 3.63) is 23.8 Å². The van der Waals surface area contributed by atoms with E-state index in [0.717, 1.165) is 24.8 Å². The molecule has 0 saturated carbocycles. The molecule has 1 aromatic rings. The van der Waals surface area contributed by atoms with Crippen LogP contribution in [0.15, 0.2) is 18.2 Å². The zero-order chi connectivity index (χ0) is 30.9. The lowest BCUT2D eigenvalue weighted by molar-refractivity contribution is -0.0662. The van der Waals surface area contributed by atoms with E-state index in [1.54, 1.807) is 12.1 Å². The molecule has 0 aromatic heterocycles. The first-order valence-corrected chi connectivity index (χ1v) is 17.5. The summed E-state index contributed by atoms with van der Waals surface area (Å²) in [5, 5.41) is -0.0995. The Balaban J connectivity index is 1.86. The lowest BCUT2D eigenvalue weighted by Gasteiger charge is -2.20. The van der Waals surface area contributed by atoms with Gasteiger partial charge in [-0.25, -0.2) is 0 Å². The lowest BCUT2D eigenvalue weighted by atomic mass is 10.0. The fraction of sp³-hybridized carbons (Fsp3) is 0.806. The van der Waals surface area contributed by atoms with Crippen LogP contribution >= 0.6 is 7.60 Å². The van der Waals surface area contributed by atoms with E-state index >= 15 is 0 Å². The molecule has 0 spiro atoms. The highest BCUT2D eigenvalue weighted by molar-refractivity contribution is 7.60. The van der Waals surface area contributed by atoms with Gasteiger partial charge in [-0.3, -0.25) is 4.57 Å². The molecule has 0 bridgehead atoms. The van der Waals surface area contributed by atoms with Crippen LogP contribution in [0, 0.1) is 0 Å². The Morgan fingerprint density at radius 3 is 1.72 bits per heavy atom. The van der Waals surface area contributed by atoms with Crippen molar-refractivity contribution in [2.24, 2.45) is 0 Å². The van der Waals surface area contributed by atoms with E-state index in [4.69, 9.17) is 37.9 Å². The van der Waals surface area contributed by atoms with Crippen LogP contribution in [-0.2, 0) is 44.1 Å². The summed E-state index contributed by atoms with van der Waals surface area (Å²) < 4.78 is 57.4. The Labute approximate surface area is 258 Å². The van der Waals surface area contributed by atoms with Crippen molar-refractivity contribution in [1.29, 1.82) is 0 Å². The van der Waals surface area contributed by atoms with E-state index < -0.39 is 13.7 Å². The van der Waals surface area contributed by atoms with Crippen LogP contribution in [0.3, 0.4) is 0 Å². The number of hydrogen-bond acceptors (Lipinski definition) is 9. The van der Waals surface area contributed by atoms with Crippen molar-refractivity contribution < 1.29 is 52.2 Å². The van der Waals surface area contributed by atoms with Crippen LogP contribution in [0.5, 0.6) is 5.75 Å². The van der Waals surface area contributed by atoms with Crippen LogP contribution in [0.25, 0.3) is 0 Å². The number of hydrogen-bond donors (Lipinski definition) is 2. The minimum atomic E-state index is -4.55. The van der Waals surface area contributed by atoms with E-state index in [9.17, 15) is 14.4 Å². The van der Waals surface area contributed by atoms with E-state index in [1.165, 1.54) is 38.5 Å². The minimum Gasteiger partial charge on any atom is -0.490 e. The van der Waals surface area contributed by atoms with Gasteiger partial charge in [0.2, 0.25) is 0 Å². The molecule has 250 valence electrons. The number of benzene rings is 1. The monoisotopic (exact) mass is 634 g/mol. The second kappa shape index (κ2) is 25.1. The first-order chi connectivity index (χ1) is 21.0. The SMILES string of the molecule is CCCCCCCCCCc1ccc(OCC2COCCOCCOCCOCCOCCOCCO2)c(P(=O)(O)O)c1. The van der Waals surface area contributed by atoms with E-state index in [0.29, 0.717) is 79.3 Å². The zero-order valence-electron chi connectivity index (χ0n) is 26.1. The maximum atomic E-state index is 12.3. The third-order valence-corrected chi connectivity index (χ3v) is 7.80. The smallest absolute Gasteiger partial charge is 0.359 e. The third-order valence-electron chi connectivity index (χ3n) is 6.83. The van der Waals surface area contributed by atoms with Gasteiger partial charge in [0.15, 0.2) is 0 Å². The summed E-state index contributed by atoms with van der Waals surface area (Å²) in [5.74, 6) is 0.152. The first-order valence-electron chi connectivity index (χ1n) is 15.9. The molecule has 1 unspecified atom stereocenters. The molecule has 1 heterocycles. The molecule has 43 heavy (non-hydrogen) atoms. The van der Waals surface area contributed by atoms with Crippen molar-refractivity contribution in [1.82, 2.24) is 0 Å². The van der Waals surface area contributed by atoms with E-state index in [1.807, 2.05) is 6.07 Å². The summed E-state index contributed by atoms with van der Waals surface area (Å²) in [6.45, 7) is 7.69. The van der Waals surface area contributed by atoms with Crippen molar-refractivity contribution in [3.8, 4) is 5.75 Å². The molecule has 12 heteroatoms. The first kappa shape index (κ1) is 38.1. The molecular formula is C31H55O11P. The Kier molecular flexibility index (Phi) is 22.2. The number of rotatable bonds is 13. The van der Waals surface area contributed by atoms with Crippen molar-refractivity contribution in [2.75, 3.05) is 92.5 Å². The standard InChI is InChI=1S/C31H55O11P/c1-2-3-4-5-6-7-8-9-10-28-11-12-30(31(25-28)43(32,33)34)42-27-29-26-40-22-21-38-18-17-36-14-13-35-15-16-37-19-20-39-23-24-41-29/h11-12,25,29H,2-10,13-24,26-27H2,1H3,(H2,32,33,34). The average Bonchev–Trinajstić information content (AvgIpc) is 2.99. The van der Waals surface area contributed by atoms with Crippen LogP contribution < -0.4 is 10.0 Å². The Morgan fingerprint density at radius 1 is 0.698 bits per heavy atom. The topological polar surface area (TPSA) is 131 Å². The molecule has 0 aliphatic carbocycles. The van der Waals surface area contributed by atoms with Gasteiger partial charge < -0.3 is 47.7 Å². The van der Waals surface area contributed by atoms with Crippen molar-refractivity contribution >= 4 is 12.9 Å². The van der Waals surface area contributed by atoms with Gasteiger partial charge in [-0.2, -0.15) is 0 Å². The van der Waals surface area contributed by atoms with Crippen LogP contribution in [0.1, 0.15) is 63.9 Å². The molecule has 1 aromatic carbocycles. The van der Waals surface area contributed by atoms with Crippen LogP contribution in [0.2, 0.25) is 0 Å². The van der Waals surface area contributed by atoms with Crippen molar-refractivity contribution in [2.45, 2.75) is 70.8 Å². The largest absolute Gasteiger partial charge is 0.490 e. The summed E-state index contributed by atoms with van der Waals surface area (Å²) in [5.41, 5.74) is 0.897. The highest BCUT2D eigenvalue weighted by Crippen LogP contribution is 2.38. The molecule has 0 amide bonds. The number of ether oxygens (including phenoxy) is 8. The van der Waals surface area contributed by atoms with Crippen molar-refractivity contribution in [3.63, 3.8) is 0 Å². The van der Waals surface area contributed by atoms with Gasteiger partial charge in [-0.05, 0) is 30.5 Å². The molecule has 2 N–H and O–H groups in total. The predicted octanol–water partition coefficient (Wildman–Crippen LogP) is 4.05. The summed E-state index contributed by atoms with van der Waals surface area (Å²) in [4.78, 5) is 20.1. The maximum absolute atomic E-state index is 12.3. The Bertz CT molecular complexity index is 829. The fourth-order valence-electron chi connectivity index (χ4n) is 4.45. The van der Waals surface area contributed by atoms with Gasteiger partial charge in [0.25, 0.3) is 0 Å². The molecular weight excluding hydrogens is 579 g/mol. The zero-order valence-corrected chi connectivity index (χ0v) is 27.0. The van der Waals surface area contributed by atoms with Gasteiger partial charge in [0, 0.05) is 0 Å². The van der Waals surface area contributed by atoms with Gasteiger partial charge in [0.1, 0.15) is 23.8 Å². The maximum Gasteiger partial charge on any atom is 0.359 e. The molecule has 1 aliphatic rings. The third kappa shape index (κ3) is 19.8. The molecule has 1 fully saturated rings. The van der Waals surface area contributed by atoms with E-state index in [2.05, 4.69) is 6.92 Å². The van der Waals surface area contributed by atoms with Gasteiger partial charge in [-0.1, -0.05) is 57.9 Å². The quantitative estimate of drug-likeness (QED) is 0.241. The minimum absolute atomic E-state index is 0.0577. The predicted molar refractivity (Wildman–Crippen MR) is 165 cm³/mol. The fourth-order valence-corrected chi connectivity index (χ4v) is 5.21. The average molecular weight is 635 g/mol. The summed E-state index contributed by atoms with van der Waals surface area (Å²) in [6.07, 6.45) is 9.94. The molecule has 2 rings (SSSR count). The lowest BCUT2D eigenvalue weighted by Crippen LogP contribution is -2.30. The number of aryl methyl sites for hydroxylation is 1. The Hall–Kier alpha value is -1.11. The molecule has 0 radical (unpaired) electrons. The molecule has 11 nitrogen and oxygen atoms in total. The number of unbranched alkanes of at least 4 members (excludes halogenated alkanes) is 7. The van der Waals surface area contributed by atoms with Gasteiger partial charge in [0.05, 0.1) is 85.9 Å². The van der Waals surface area contributed by atoms with Crippen LogP contribution in [-0.4, -0.2) is 108 Å².